The Morgan fingerprint density at radius 1 is 1.20 bits per heavy atom. The number of carbonyl (C=O) groups is 1. The Hall–Kier alpha value is -1.85. The number of ketones is 1. The Balaban J connectivity index is 2.05. The lowest BCUT2D eigenvalue weighted by Gasteiger charge is -2.02. The largest absolute Gasteiger partial charge is 0.293 e. The van der Waals surface area contributed by atoms with E-state index >= 15 is 0 Å². The Kier molecular flexibility index (Phi) is 4.76. The molecule has 2 aromatic carbocycles. The quantitative estimate of drug-likeness (QED) is 0.359. The lowest BCUT2D eigenvalue weighted by Crippen LogP contribution is -2.03. The molecule has 0 heterocycles. The standard InChI is InChI=1S/C14H10ClNO3S/c15-11-4-2-6-13(8-11)20-9-14(17)10-3-1-5-12(7-10)16(18)19/h1-8H,9H2. The number of nitro groups is 1. The maximum Gasteiger partial charge on any atom is 0.270 e. The molecular weight excluding hydrogens is 298 g/mol. The van der Waals surface area contributed by atoms with Crippen molar-refractivity contribution in [1.29, 1.82) is 0 Å². The molecule has 0 radical (unpaired) electrons. The predicted molar refractivity (Wildman–Crippen MR) is 79.6 cm³/mol. The van der Waals surface area contributed by atoms with E-state index in [1.165, 1.54) is 30.0 Å². The number of carbonyl (C=O) groups excluding carboxylic acids is 1. The first-order chi connectivity index (χ1) is 9.56. The van der Waals surface area contributed by atoms with Gasteiger partial charge < -0.3 is 0 Å². The summed E-state index contributed by atoms with van der Waals surface area (Å²) in [4.78, 5) is 23.0. The van der Waals surface area contributed by atoms with Crippen molar-refractivity contribution in [3.05, 3.63) is 69.2 Å². The Morgan fingerprint density at radius 3 is 2.65 bits per heavy atom. The predicted octanol–water partition coefficient (Wildman–Crippen LogP) is 4.22. The number of halogens is 1. The molecule has 0 aliphatic rings. The van der Waals surface area contributed by atoms with Crippen LogP contribution in [-0.2, 0) is 0 Å². The van der Waals surface area contributed by atoms with Gasteiger partial charge in [-0.05, 0) is 18.2 Å². The third-order valence-electron chi connectivity index (χ3n) is 2.54. The van der Waals surface area contributed by atoms with Crippen molar-refractivity contribution in [2.24, 2.45) is 0 Å². The molecule has 2 rings (SSSR count). The van der Waals surface area contributed by atoms with Gasteiger partial charge in [0, 0.05) is 27.6 Å². The number of non-ortho nitro benzene ring substituents is 1. The lowest BCUT2D eigenvalue weighted by molar-refractivity contribution is -0.384. The zero-order chi connectivity index (χ0) is 14.5. The molecule has 0 spiro atoms. The highest BCUT2D eigenvalue weighted by Gasteiger charge is 2.11. The number of hydrogen-bond donors (Lipinski definition) is 0. The molecule has 2 aromatic rings. The summed E-state index contributed by atoms with van der Waals surface area (Å²) in [5.74, 6) is 0.0558. The number of hydrogen-bond acceptors (Lipinski definition) is 4. The molecule has 0 fully saturated rings. The summed E-state index contributed by atoms with van der Waals surface area (Å²) >= 11 is 7.21. The van der Waals surface area contributed by atoms with Crippen LogP contribution in [-0.4, -0.2) is 16.5 Å². The van der Waals surface area contributed by atoms with E-state index in [1.54, 1.807) is 18.2 Å². The summed E-state index contributed by atoms with van der Waals surface area (Å²) in [5.41, 5.74) is 0.261. The van der Waals surface area contributed by atoms with Gasteiger partial charge in [0.2, 0.25) is 0 Å². The molecule has 0 aliphatic carbocycles. The lowest BCUT2D eigenvalue weighted by atomic mass is 10.1. The van der Waals surface area contributed by atoms with E-state index in [0.29, 0.717) is 10.6 Å². The van der Waals surface area contributed by atoms with Gasteiger partial charge in [-0.3, -0.25) is 14.9 Å². The van der Waals surface area contributed by atoms with Crippen LogP contribution in [0.4, 0.5) is 5.69 Å². The fourth-order valence-corrected chi connectivity index (χ4v) is 2.69. The number of benzene rings is 2. The molecule has 4 nitrogen and oxygen atoms in total. The van der Waals surface area contributed by atoms with Gasteiger partial charge in [0.1, 0.15) is 0 Å². The van der Waals surface area contributed by atoms with Crippen LogP contribution in [0.25, 0.3) is 0 Å². The van der Waals surface area contributed by atoms with Crippen LogP contribution in [0, 0.1) is 10.1 Å². The van der Waals surface area contributed by atoms with Crippen LogP contribution in [0.1, 0.15) is 10.4 Å². The minimum atomic E-state index is -0.513. The highest BCUT2D eigenvalue weighted by atomic mass is 35.5. The third-order valence-corrected chi connectivity index (χ3v) is 3.77. The summed E-state index contributed by atoms with van der Waals surface area (Å²) in [5, 5.41) is 11.3. The van der Waals surface area contributed by atoms with E-state index in [9.17, 15) is 14.9 Å². The number of rotatable bonds is 5. The van der Waals surface area contributed by atoms with Crippen LogP contribution in [0.2, 0.25) is 5.02 Å². The van der Waals surface area contributed by atoms with E-state index in [4.69, 9.17) is 11.6 Å². The Bertz CT molecular complexity index is 660. The van der Waals surface area contributed by atoms with Gasteiger partial charge in [0.25, 0.3) is 5.69 Å². The molecule has 6 heteroatoms. The van der Waals surface area contributed by atoms with Crippen LogP contribution >= 0.6 is 23.4 Å². The average Bonchev–Trinajstić information content (AvgIpc) is 2.45. The smallest absolute Gasteiger partial charge is 0.270 e. The molecular formula is C14H10ClNO3S. The van der Waals surface area contributed by atoms with E-state index in [1.807, 2.05) is 12.1 Å². The van der Waals surface area contributed by atoms with Gasteiger partial charge in [-0.1, -0.05) is 29.8 Å². The van der Waals surface area contributed by atoms with Crippen molar-refractivity contribution in [3.8, 4) is 0 Å². The summed E-state index contributed by atoms with van der Waals surface area (Å²) < 4.78 is 0. The van der Waals surface area contributed by atoms with Crippen LogP contribution in [0.3, 0.4) is 0 Å². The van der Waals surface area contributed by atoms with E-state index in [-0.39, 0.29) is 17.2 Å². The van der Waals surface area contributed by atoms with Gasteiger partial charge in [-0.15, -0.1) is 11.8 Å². The SMILES string of the molecule is O=C(CSc1cccc(Cl)c1)c1cccc([N+](=O)[O-])c1. The minimum Gasteiger partial charge on any atom is -0.293 e. The van der Waals surface area contributed by atoms with Crippen molar-refractivity contribution < 1.29 is 9.72 Å². The Morgan fingerprint density at radius 2 is 1.95 bits per heavy atom. The molecule has 0 saturated carbocycles. The Labute approximate surface area is 124 Å². The topological polar surface area (TPSA) is 60.2 Å². The number of thioether (sulfide) groups is 1. The molecule has 0 saturated heterocycles. The molecule has 0 aliphatic heterocycles. The second-order valence-electron chi connectivity index (χ2n) is 3.98. The molecule has 0 unspecified atom stereocenters. The monoisotopic (exact) mass is 307 g/mol. The van der Waals surface area contributed by atoms with Crippen molar-refractivity contribution in [3.63, 3.8) is 0 Å². The van der Waals surface area contributed by atoms with Crippen molar-refractivity contribution in [1.82, 2.24) is 0 Å². The average molecular weight is 308 g/mol. The van der Waals surface area contributed by atoms with Gasteiger partial charge in [-0.25, -0.2) is 0 Å². The van der Waals surface area contributed by atoms with Crippen molar-refractivity contribution >= 4 is 34.8 Å². The van der Waals surface area contributed by atoms with Crippen molar-refractivity contribution in [2.75, 3.05) is 5.75 Å². The fourth-order valence-electron chi connectivity index (χ4n) is 1.58. The zero-order valence-corrected chi connectivity index (χ0v) is 11.9. The van der Waals surface area contributed by atoms with Crippen LogP contribution < -0.4 is 0 Å². The van der Waals surface area contributed by atoms with Gasteiger partial charge in [-0.2, -0.15) is 0 Å². The number of Topliss-reactive ketones (excluding diaryl/α,β-unsaturated/α-hetero) is 1. The first-order valence-corrected chi connectivity index (χ1v) is 7.08. The number of nitro benzene ring substituents is 1. The summed E-state index contributed by atoms with van der Waals surface area (Å²) in [6, 6.07) is 12.9. The van der Waals surface area contributed by atoms with Gasteiger partial charge >= 0.3 is 0 Å². The highest BCUT2D eigenvalue weighted by molar-refractivity contribution is 8.00. The minimum absolute atomic E-state index is 0.0800. The van der Waals surface area contributed by atoms with Crippen LogP contribution in [0.15, 0.2) is 53.4 Å². The second-order valence-corrected chi connectivity index (χ2v) is 5.46. The molecule has 0 atom stereocenters. The molecule has 0 bridgehead atoms. The molecule has 102 valence electrons. The van der Waals surface area contributed by atoms with Gasteiger partial charge in [0.05, 0.1) is 10.7 Å². The molecule has 0 amide bonds. The van der Waals surface area contributed by atoms with E-state index < -0.39 is 4.92 Å². The summed E-state index contributed by atoms with van der Waals surface area (Å²) in [6.45, 7) is 0. The summed E-state index contributed by atoms with van der Waals surface area (Å²) in [6.07, 6.45) is 0. The fraction of sp³-hybridized carbons (Fsp3) is 0.0714. The number of nitrogens with zero attached hydrogens (tertiary/aromatic N) is 1. The molecule has 0 aromatic heterocycles. The van der Waals surface area contributed by atoms with Crippen LogP contribution in [0.5, 0.6) is 0 Å². The maximum atomic E-state index is 12.0. The van der Waals surface area contributed by atoms with Gasteiger partial charge in [0.15, 0.2) is 5.78 Å². The normalized spacial score (nSPS) is 10.2. The first-order valence-electron chi connectivity index (χ1n) is 5.72. The molecule has 20 heavy (non-hydrogen) atoms. The molecule has 0 N–H and O–H groups in total. The summed E-state index contributed by atoms with van der Waals surface area (Å²) in [7, 11) is 0. The second kappa shape index (κ2) is 6.54. The zero-order valence-electron chi connectivity index (χ0n) is 10.3. The van der Waals surface area contributed by atoms with E-state index in [0.717, 1.165) is 4.90 Å². The third kappa shape index (κ3) is 3.82. The maximum absolute atomic E-state index is 12.0. The first kappa shape index (κ1) is 14.6. The van der Waals surface area contributed by atoms with Crippen molar-refractivity contribution in [2.45, 2.75) is 4.90 Å². The van der Waals surface area contributed by atoms with E-state index in [2.05, 4.69) is 0 Å². The highest BCUT2D eigenvalue weighted by Crippen LogP contribution is 2.23.